The van der Waals surface area contributed by atoms with Crippen molar-refractivity contribution in [2.45, 2.75) is 25.5 Å². The minimum Gasteiger partial charge on any atom is -0.496 e. The number of carbonyl (C=O) groups is 2. The monoisotopic (exact) mass is 399 g/mol. The molecule has 1 saturated heterocycles. The summed E-state index contributed by atoms with van der Waals surface area (Å²) in [5.74, 6) is -1.47. The smallest absolute Gasteiger partial charge is 0.335 e. The zero-order chi connectivity index (χ0) is 21.0. The molecule has 3 rings (SSSR count). The highest BCUT2D eigenvalue weighted by molar-refractivity contribution is 5.88. The number of hydrogen-bond acceptors (Lipinski definition) is 5. The molecule has 154 valence electrons. The number of aromatic carboxylic acids is 1. The summed E-state index contributed by atoms with van der Waals surface area (Å²) < 4.78 is 5.33. The van der Waals surface area contributed by atoms with Gasteiger partial charge in [0.15, 0.2) is 0 Å². The quantitative estimate of drug-likeness (QED) is 0.656. The Bertz CT molecular complexity index is 884. The number of piperidine rings is 1. The van der Waals surface area contributed by atoms with Gasteiger partial charge in [-0.2, -0.15) is 0 Å². The molecule has 2 aromatic rings. The summed E-state index contributed by atoms with van der Waals surface area (Å²) in [6.45, 7) is 1.01. The first-order valence-corrected chi connectivity index (χ1v) is 9.43. The van der Waals surface area contributed by atoms with Crippen LogP contribution in [-0.4, -0.2) is 58.5 Å². The van der Waals surface area contributed by atoms with Crippen molar-refractivity contribution in [2.75, 3.05) is 20.2 Å². The van der Waals surface area contributed by atoms with Gasteiger partial charge in [0.05, 0.1) is 18.8 Å². The second kappa shape index (κ2) is 8.63. The molecule has 7 nitrogen and oxygen atoms in total. The summed E-state index contributed by atoms with van der Waals surface area (Å²) >= 11 is 0. The van der Waals surface area contributed by atoms with Crippen LogP contribution in [0.5, 0.6) is 5.75 Å². The van der Waals surface area contributed by atoms with Crippen LogP contribution in [0.2, 0.25) is 0 Å². The molecule has 0 bridgehead atoms. The van der Waals surface area contributed by atoms with Gasteiger partial charge in [0.25, 0.3) is 0 Å². The van der Waals surface area contributed by atoms with Gasteiger partial charge in [0.1, 0.15) is 11.2 Å². The average molecular weight is 399 g/mol. The predicted octanol–water partition coefficient (Wildman–Crippen LogP) is 2.27. The molecule has 1 aliphatic rings. The number of aliphatic hydroxyl groups is 1. The van der Waals surface area contributed by atoms with Crippen molar-refractivity contribution in [3.8, 4) is 5.75 Å². The molecule has 1 aliphatic heterocycles. The first-order chi connectivity index (χ1) is 13.9. The molecule has 0 saturated carbocycles. The molecule has 7 heteroatoms. The number of hydrogen-bond donors (Lipinski definition) is 3. The Morgan fingerprint density at radius 1 is 1.17 bits per heavy atom. The maximum Gasteiger partial charge on any atom is 0.335 e. The molecule has 0 radical (unpaired) electrons. The van der Waals surface area contributed by atoms with E-state index in [1.54, 1.807) is 12.1 Å². The lowest BCUT2D eigenvalue weighted by atomic mass is 9.71. The van der Waals surface area contributed by atoms with Crippen LogP contribution in [0, 0.1) is 5.41 Å². The van der Waals surface area contributed by atoms with E-state index in [9.17, 15) is 24.9 Å². The zero-order valence-corrected chi connectivity index (χ0v) is 16.2. The first-order valence-electron chi connectivity index (χ1n) is 9.43. The van der Waals surface area contributed by atoms with E-state index in [1.807, 2.05) is 35.2 Å². The maximum absolute atomic E-state index is 12.1. The molecule has 0 aromatic heterocycles. The molecule has 3 N–H and O–H groups in total. The lowest BCUT2D eigenvalue weighted by molar-refractivity contribution is -0.163. The van der Waals surface area contributed by atoms with E-state index < -0.39 is 23.5 Å². The van der Waals surface area contributed by atoms with Crippen LogP contribution >= 0.6 is 0 Å². The molecule has 0 amide bonds. The Labute approximate surface area is 169 Å². The van der Waals surface area contributed by atoms with E-state index in [-0.39, 0.29) is 18.5 Å². The van der Waals surface area contributed by atoms with Crippen LogP contribution < -0.4 is 4.74 Å². The Morgan fingerprint density at radius 2 is 1.90 bits per heavy atom. The van der Waals surface area contributed by atoms with Crippen LogP contribution in [0.4, 0.5) is 0 Å². The predicted molar refractivity (Wildman–Crippen MR) is 106 cm³/mol. The van der Waals surface area contributed by atoms with E-state index in [0.717, 1.165) is 5.56 Å². The van der Waals surface area contributed by atoms with Gasteiger partial charge in [-0.1, -0.05) is 30.3 Å². The topological polar surface area (TPSA) is 107 Å². The van der Waals surface area contributed by atoms with Gasteiger partial charge in [-0.05, 0) is 43.1 Å². The van der Waals surface area contributed by atoms with Crippen LogP contribution in [0.25, 0.3) is 0 Å². The fourth-order valence-corrected chi connectivity index (χ4v) is 3.95. The molecule has 29 heavy (non-hydrogen) atoms. The summed E-state index contributed by atoms with van der Waals surface area (Å²) in [6, 6.07) is 14.0. The average Bonchev–Trinajstić information content (AvgIpc) is 2.70. The highest BCUT2D eigenvalue weighted by atomic mass is 16.5. The highest BCUT2D eigenvalue weighted by Crippen LogP contribution is 2.37. The lowest BCUT2D eigenvalue weighted by Gasteiger charge is -2.43. The fraction of sp³-hybridized carbons (Fsp3) is 0.364. The van der Waals surface area contributed by atoms with Gasteiger partial charge in [0, 0.05) is 18.7 Å². The van der Waals surface area contributed by atoms with Gasteiger partial charge in [-0.25, -0.2) is 4.79 Å². The number of methoxy groups -OCH3 is 1. The number of ether oxygens (including phenoxy) is 1. The molecule has 2 aromatic carbocycles. The molecule has 2 atom stereocenters. The van der Waals surface area contributed by atoms with Crippen LogP contribution in [0.15, 0.2) is 48.5 Å². The Morgan fingerprint density at radius 3 is 2.48 bits per heavy atom. The van der Waals surface area contributed by atoms with Crippen molar-refractivity contribution >= 4 is 11.9 Å². The molecule has 0 unspecified atom stereocenters. The van der Waals surface area contributed by atoms with Gasteiger partial charge >= 0.3 is 11.9 Å². The van der Waals surface area contributed by atoms with Crippen LogP contribution in [0.3, 0.4) is 0 Å². The minimum atomic E-state index is -1.25. The third-order valence-electron chi connectivity index (χ3n) is 5.65. The largest absolute Gasteiger partial charge is 0.496 e. The van der Waals surface area contributed by atoms with E-state index in [2.05, 4.69) is 0 Å². The van der Waals surface area contributed by atoms with Crippen molar-refractivity contribution in [1.29, 1.82) is 0 Å². The summed E-state index contributed by atoms with van der Waals surface area (Å²) in [6.07, 6.45) is -0.502. The minimum absolute atomic E-state index is 0.155. The first kappa shape index (κ1) is 20.8. The second-order valence-electron chi connectivity index (χ2n) is 7.46. The molecule has 0 spiro atoms. The number of β-amino-alcohol motifs (C(OH)–C–C–N with tert-alkyl or cyclic N) is 1. The third-order valence-corrected chi connectivity index (χ3v) is 5.65. The van der Waals surface area contributed by atoms with Crippen LogP contribution in [-0.2, 0) is 17.8 Å². The molecule has 1 heterocycles. The van der Waals surface area contributed by atoms with E-state index >= 15 is 0 Å². The van der Waals surface area contributed by atoms with E-state index in [4.69, 9.17) is 4.74 Å². The van der Waals surface area contributed by atoms with Crippen molar-refractivity contribution in [3.05, 3.63) is 65.2 Å². The number of carboxylic acid groups (broad SMARTS) is 2. The van der Waals surface area contributed by atoms with Crippen molar-refractivity contribution in [2.24, 2.45) is 5.41 Å². The number of aliphatic carboxylic acids is 1. The summed E-state index contributed by atoms with van der Waals surface area (Å²) in [5.41, 5.74) is 0.469. The number of rotatable bonds is 7. The van der Waals surface area contributed by atoms with Gasteiger partial charge in [0.2, 0.25) is 0 Å². The standard InChI is InChI=1S/C22H25NO6/c1-29-18-8-7-16(20(25)26)11-17(18)13-23-10-9-22(21(27)28,19(24)14-23)12-15-5-3-2-4-6-15/h2-8,11,19,24H,9-10,12-14H2,1H3,(H,25,26)(H,27,28)/t19-,22-/m1/s1. The number of benzene rings is 2. The number of aliphatic hydroxyl groups excluding tert-OH is 1. The Balaban J connectivity index is 1.78. The summed E-state index contributed by atoms with van der Waals surface area (Å²) in [4.78, 5) is 25.3. The third kappa shape index (κ3) is 4.41. The SMILES string of the molecule is COc1ccc(C(=O)O)cc1CN1CC[C@](Cc2ccccc2)(C(=O)O)[C@H](O)C1. The second-order valence-corrected chi connectivity index (χ2v) is 7.46. The number of carboxylic acids is 2. The zero-order valence-electron chi connectivity index (χ0n) is 16.2. The highest BCUT2D eigenvalue weighted by Gasteiger charge is 2.48. The van der Waals surface area contributed by atoms with E-state index in [1.165, 1.54) is 13.2 Å². The Kier molecular flexibility index (Phi) is 6.20. The summed E-state index contributed by atoms with van der Waals surface area (Å²) in [5, 5.41) is 30.0. The molecule has 1 fully saturated rings. The van der Waals surface area contributed by atoms with E-state index in [0.29, 0.717) is 30.8 Å². The van der Waals surface area contributed by atoms with Gasteiger partial charge < -0.3 is 20.1 Å². The maximum atomic E-state index is 12.1. The van der Waals surface area contributed by atoms with Crippen molar-refractivity contribution < 1.29 is 29.6 Å². The summed E-state index contributed by atoms with van der Waals surface area (Å²) in [7, 11) is 1.51. The number of likely N-dealkylation sites (tertiary alicyclic amines) is 1. The fourth-order valence-electron chi connectivity index (χ4n) is 3.95. The van der Waals surface area contributed by atoms with Crippen LogP contribution in [0.1, 0.15) is 27.9 Å². The Hall–Kier alpha value is -2.90. The lowest BCUT2D eigenvalue weighted by Crippen LogP contribution is -2.55. The van der Waals surface area contributed by atoms with Crippen molar-refractivity contribution in [3.63, 3.8) is 0 Å². The molecule has 0 aliphatic carbocycles. The molecular weight excluding hydrogens is 374 g/mol. The number of nitrogens with zero attached hydrogens (tertiary/aromatic N) is 1. The van der Waals surface area contributed by atoms with Gasteiger partial charge in [-0.3, -0.25) is 9.69 Å². The normalized spacial score (nSPS) is 22.2. The van der Waals surface area contributed by atoms with Gasteiger partial charge in [-0.15, -0.1) is 0 Å². The van der Waals surface area contributed by atoms with Crippen molar-refractivity contribution in [1.82, 2.24) is 4.90 Å². The molecular formula is C22H25NO6.